The van der Waals surface area contributed by atoms with E-state index in [2.05, 4.69) is 4.72 Å². The number of aliphatic hydroxyl groups is 1. The molecule has 0 spiro atoms. The first kappa shape index (κ1) is 13.6. The summed E-state index contributed by atoms with van der Waals surface area (Å²) >= 11 is 0. The molecule has 18 heavy (non-hydrogen) atoms. The molecule has 1 fully saturated rings. The molecule has 0 saturated heterocycles. The van der Waals surface area contributed by atoms with Crippen LogP contribution in [0.4, 0.5) is 0 Å². The Bertz CT molecular complexity index is 495. The van der Waals surface area contributed by atoms with Gasteiger partial charge in [-0.15, -0.1) is 0 Å². The molecule has 1 saturated carbocycles. The van der Waals surface area contributed by atoms with Gasteiger partial charge in [0.15, 0.2) is 0 Å². The number of rotatable bonds is 5. The molecule has 2 N–H and O–H groups in total. The van der Waals surface area contributed by atoms with Crippen molar-refractivity contribution in [3.8, 4) is 0 Å². The third-order valence-corrected chi connectivity index (χ3v) is 5.11. The Labute approximate surface area is 108 Å². The first-order valence-electron chi connectivity index (χ1n) is 6.25. The minimum atomic E-state index is -3.41. The number of hydrogen-bond acceptors (Lipinski definition) is 3. The molecule has 5 nitrogen and oxygen atoms in total. The predicted molar refractivity (Wildman–Crippen MR) is 68.5 cm³/mol. The second kappa shape index (κ2) is 5.42. The number of hydrogen-bond donors (Lipinski definition) is 2. The monoisotopic (exact) mass is 272 g/mol. The summed E-state index contributed by atoms with van der Waals surface area (Å²) in [5.41, 5.74) is 0. The average molecular weight is 272 g/mol. The van der Waals surface area contributed by atoms with Crippen molar-refractivity contribution < 1.29 is 13.5 Å². The molecule has 2 unspecified atom stereocenters. The number of aryl methyl sites for hydroxylation is 1. The Morgan fingerprint density at radius 2 is 2.17 bits per heavy atom. The number of nitrogens with zero attached hydrogens (tertiary/aromatic N) is 1. The van der Waals surface area contributed by atoms with Crippen LogP contribution in [0.5, 0.6) is 0 Å². The highest BCUT2D eigenvalue weighted by Gasteiger charge is 2.28. The van der Waals surface area contributed by atoms with Crippen molar-refractivity contribution in [1.29, 1.82) is 0 Å². The Kier molecular flexibility index (Phi) is 4.09. The van der Waals surface area contributed by atoms with Gasteiger partial charge in [-0.3, -0.25) is 0 Å². The smallest absolute Gasteiger partial charge is 0.242 e. The molecular formula is C12H20N2O3S. The number of aromatic nitrogens is 1. The zero-order chi connectivity index (χ0) is 13.2. The van der Waals surface area contributed by atoms with E-state index in [0.717, 1.165) is 19.3 Å². The second-order valence-corrected chi connectivity index (χ2v) is 6.77. The predicted octanol–water partition coefficient (Wildman–Crippen LogP) is 0.712. The molecule has 1 heterocycles. The molecule has 1 aliphatic carbocycles. The van der Waals surface area contributed by atoms with E-state index in [-0.39, 0.29) is 18.4 Å². The SMILES string of the molecule is Cn1ccc(S(=O)(=O)NCC2CCCC2CO)c1. The van der Waals surface area contributed by atoms with Gasteiger partial charge in [-0.25, -0.2) is 13.1 Å². The molecule has 1 aromatic rings. The summed E-state index contributed by atoms with van der Waals surface area (Å²) in [7, 11) is -1.62. The van der Waals surface area contributed by atoms with Gasteiger partial charge in [-0.1, -0.05) is 6.42 Å². The van der Waals surface area contributed by atoms with Crippen molar-refractivity contribution in [3.05, 3.63) is 18.5 Å². The van der Waals surface area contributed by atoms with Gasteiger partial charge in [0.25, 0.3) is 0 Å². The highest BCUT2D eigenvalue weighted by atomic mass is 32.2. The summed E-state index contributed by atoms with van der Waals surface area (Å²) in [6.07, 6.45) is 6.35. The number of nitrogens with one attached hydrogen (secondary N) is 1. The Hall–Kier alpha value is -0.850. The van der Waals surface area contributed by atoms with Crippen LogP contribution in [0.25, 0.3) is 0 Å². The van der Waals surface area contributed by atoms with Crippen LogP contribution in [0.3, 0.4) is 0 Å². The summed E-state index contributed by atoms with van der Waals surface area (Å²) in [5.74, 6) is 0.497. The van der Waals surface area contributed by atoms with E-state index in [4.69, 9.17) is 0 Å². The van der Waals surface area contributed by atoms with Crippen LogP contribution in [0.1, 0.15) is 19.3 Å². The molecule has 0 bridgehead atoms. The summed E-state index contributed by atoms with van der Waals surface area (Å²) in [6, 6.07) is 1.58. The van der Waals surface area contributed by atoms with E-state index in [1.807, 2.05) is 0 Å². The minimum Gasteiger partial charge on any atom is -0.396 e. The molecule has 102 valence electrons. The minimum absolute atomic E-state index is 0.151. The molecule has 1 aliphatic rings. The number of aliphatic hydroxyl groups excluding tert-OH is 1. The number of sulfonamides is 1. The summed E-state index contributed by atoms with van der Waals surface area (Å²) < 4.78 is 28.4. The molecule has 0 aromatic carbocycles. The van der Waals surface area contributed by atoms with E-state index < -0.39 is 10.0 Å². The molecule has 2 rings (SSSR count). The fourth-order valence-electron chi connectivity index (χ4n) is 2.56. The third kappa shape index (κ3) is 2.93. The van der Waals surface area contributed by atoms with Crippen molar-refractivity contribution in [2.24, 2.45) is 18.9 Å². The van der Waals surface area contributed by atoms with Crippen molar-refractivity contribution in [2.75, 3.05) is 13.2 Å². The van der Waals surface area contributed by atoms with E-state index in [9.17, 15) is 13.5 Å². The van der Waals surface area contributed by atoms with Gasteiger partial charge in [0, 0.05) is 32.6 Å². The summed E-state index contributed by atoms with van der Waals surface area (Å²) in [6.45, 7) is 0.570. The first-order valence-corrected chi connectivity index (χ1v) is 7.74. The van der Waals surface area contributed by atoms with Crippen molar-refractivity contribution >= 4 is 10.0 Å². The normalized spacial score (nSPS) is 24.6. The maximum absolute atomic E-state index is 12.0. The lowest BCUT2D eigenvalue weighted by Crippen LogP contribution is -2.31. The zero-order valence-corrected chi connectivity index (χ0v) is 11.4. The molecule has 1 aromatic heterocycles. The van der Waals surface area contributed by atoms with E-state index in [1.54, 1.807) is 30.1 Å². The third-order valence-electron chi connectivity index (χ3n) is 3.70. The van der Waals surface area contributed by atoms with Crippen LogP contribution < -0.4 is 4.72 Å². The fraction of sp³-hybridized carbons (Fsp3) is 0.667. The van der Waals surface area contributed by atoms with Crippen molar-refractivity contribution in [1.82, 2.24) is 9.29 Å². The molecular weight excluding hydrogens is 252 g/mol. The van der Waals surface area contributed by atoms with Crippen molar-refractivity contribution in [3.63, 3.8) is 0 Å². The van der Waals surface area contributed by atoms with Crippen LogP contribution in [-0.4, -0.2) is 31.2 Å². The zero-order valence-electron chi connectivity index (χ0n) is 10.5. The van der Waals surface area contributed by atoms with E-state index in [0.29, 0.717) is 11.4 Å². The second-order valence-electron chi connectivity index (χ2n) is 5.00. The molecule has 0 amide bonds. The maximum atomic E-state index is 12.0. The van der Waals surface area contributed by atoms with Crippen molar-refractivity contribution in [2.45, 2.75) is 24.2 Å². The Morgan fingerprint density at radius 3 is 2.78 bits per heavy atom. The van der Waals surface area contributed by atoms with Crippen LogP contribution in [0.15, 0.2) is 23.4 Å². The standard InChI is InChI=1S/C12H20N2O3S/c1-14-6-5-12(8-14)18(16,17)13-7-10-3-2-4-11(10)9-15/h5-6,8,10-11,13,15H,2-4,7,9H2,1H3. The van der Waals surface area contributed by atoms with Gasteiger partial charge in [-0.2, -0.15) is 0 Å². The van der Waals surface area contributed by atoms with Gasteiger partial charge in [0.05, 0.1) is 4.90 Å². The van der Waals surface area contributed by atoms with Crippen LogP contribution in [-0.2, 0) is 17.1 Å². The topological polar surface area (TPSA) is 71.3 Å². The van der Waals surface area contributed by atoms with Crippen LogP contribution in [0.2, 0.25) is 0 Å². The summed E-state index contributed by atoms with van der Waals surface area (Å²) in [4.78, 5) is 0.295. The Balaban J connectivity index is 1.97. The van der Waals surface area contributed by atoms with E-state index in [1.165, 1.54) is 0 Å². The molecule has 0 radical (unpaired) electrons. The van der Waals surface area contributed by atoms with Gasteiger partial charge >= 0.3 is 0 Å². The summed E-state index contributed by atoms with van der Waals surface area (Å²) in [5, 5.41) is 9.21. The van der Waals surface area contributed by atoms with E-state index >= 15 is 0 Å². The fourth-order valence-corrected chi connectivity index (χ4v) is 3.70. The molecule has 6 heteroatoms. The lowest BCUT2D eigenvalue weighted by atomic mass is 9.97. The van der Waals surface area contributed by atoms with Gasteiger partial charge in [0.2, 0.25) is 10.0 Å². The maximum Gasteiger partial charge on any atom is 0.242 e. The molecule has 2 atom stereocenters. The lowest BCUT2D eigenvalue weighted by molar-refractivity contribution is 0.195. The van der Waals surface area contributed by atoms with Crippen LogP contribution >= 0.6 is 0 Å². The van der Waals surface area contributed by atoms with Gasteiger partial charge < -0.3 is 9.67 Å². The van der Waals surface area contributed by atoms with Gasteiger partial charge in [-0.05, 0) is 30.7 Å². The highest BCUT2D eigenvalue weighted by molar-refractivity contribution is 7.89. The highest BCUT2D eigenvalue weighted by Crippen LogP contribution is 2.30. The van der Waals surface area contributed by atoms with Crippen LogP contribution in [0, 0.1) is 11.8 Å². The first-order chi connectivity index (χ1) is 8.53. The largest absolute Gasteiger partial charge is 0.396 e. The quantitative estimate of drug-likeness (QED) is 0.829. The van der Waals surface area contributed by atoms with Gasteiger partial charge in [0.1, 0.15) is 0 Å². The molecule has 0 aliphatic heterocycles. The Morgan fingerprint density at radius 1 is 1.44 bits per heavy atom. The average Bonchev–Trinajstić information content (AvgIpc) is 2.94. The lowest BCUT2D eigenvalue weighted by Gasteiger charge is -2.17.